The van der Waals surface area contributed by atoms with Gasteiger partial charge in [-0.1, -0.05) is 11.3 Å². The van der Waals surface area contributed by atoms with Crippen LogP contribution in [0.1, 0.15) is 5.56 Å². The summed E-state index contributed by atoms with van der Waals surface area (Å²) in [6, 6.07) is 2.02. The molecule has 0 radical (unpaired) electrons. The normalized spacial score (nSPS) is 16.6. The Bertz CT molecular complexity index is 335. The van der Waals surface area contributed by atoms with Gasteiger partial charge in [-0.3, -0.25) is 10.1 Å². The van der Waals surface area contributed by atoms with Crippen molar-refractivity contribution in [2.45, 2.75) is 12.6 Å². The molecule has 0 saturated carbocycles. The molecule has 1 fully saturated rings. The molecule has 0 amide bonds. The van der Waals surface area contributed by atoms with Gasteiger partial charge in [0.2, 0.25) is 0 Å². The van der Waals surface area contributed by atoms with Crippen LogP contribution in [-0.4, -0.2) is 24.2 Å². The second-order valence-electron chi connectivity index (χ2n) is 3.17. The lowest BCUT2D eigenvalue weighted by atomic mass is 10.2. The van der Waals surface area contributed by atoms with E-state index in [0.717, 1.165) is 30.1 Å². The van der Waals surface area contributed by atoms with E-state index in [1.165, 1.54) is 0 Å². The van der Waals surface area contributed by atoms with Crippen LogP contribution >= 0.6 is 11.3 Å². The van der Waals surface area contributed by atoms with Crippen LogP contribution in [0.5, 0.6) is 0 Å². The van der Waals surface area contributed by atoms with Gasteiger partial charge in [-0.05, 0) is 5.56 Å². The second-order valence-corrected chi connectivity index (χ2v) is 4.06. The first-order valence-electron chi connectivity index (χ1n) is 4.28. The molecule has 76 valence electrons. The molecule has 2 rings (SSSR count). The third kappa shape index (κ3) is 2.09. The Balaban J connectivity index is 1.86. The van der Waals surface area contributed by atoms with Crippen molar-refractivity contribution in [3.63, 3.8) is 0 Å². The van der Waals surface area contributed by atoms with Crippen molar-refractivity contribution in [3.05, 3.63) is 27.1 Å². The quantitative estimate of drug-likeness (QED) is 0.603. The van der Waals surface area contributed by atoms with Crippen LogP contribution in [0, 0.1) is 10.1 Å². The summed E-state index contributed by atoms with van der Waals surface area (Å²) in [5.74, 6) is 0. The lowest BCUT2D eigenvalue weighted by Crippen LogP contribution is -2.45. The van der Waals surface area contributed by atoms with Crippen molar-refractivity contribution in [2.75, 3.05) is 13.2 Å². The Labute approximate surface area is 84.8 Å². The zero-order valence-corrected chi connectivity index (χ0v) is 8.25. The van der Waals surface area contributed by atoms with Crippen LogP contribution in [-0.2, 0) is 11.3 Å². The number of ether oxygens (including phenoxy) is 1. The van der Waals surface area contributed by atoms with E-state index in [1.54, 1.807) is 6.07 Å². The number of nitrogens with zero attached hydrogens (tertiary/aromatic N) is 1. The monoisotopic (exact) mass is 214 g/mol. The third-order valence-corrected chi connectivity index (χ3v) is 2.98. The number of hydrogen-bond acceptors (Lipinski definition) is 5. The third-order valence-electron chi connectivity index (χ3n) is 2.05. The SMILES string of the molecule is O=[N+]([O-])c1cc(CNC2COC2)cs1. The van der Waals surface area contributed by atoms with Gasteiger partial charge in [-0.15, -0.1) is 0 Å². The molecule has 1 aliphatic rings. The summed E-state index contributed by atoms with van der Waals surface area (Å²) in [4.78, 5) is 10.0. The number of hydrogen-bond donors (Lipinski definition) is 1. The second kappa shape index (κ2) is 4.04. The van der Waals surface area contributed by atoms with Crippen LogP contribution < -0.4 is 5.32 Å². The van der Waals surface area contributed by atoms with E-state index in [9.17, 15) is 10.1 Å². The van der Waals surface area contributed by atoms with E-state index in [0.29, 0.717) is 12.6 Å². The molecule has 1 aromatic heterocycles. The van der Waals surface area contributed by atoms with Gasteiger partial charge in [-0.2, -0.15) is 0 Å². The van der Waals surface area contributed by atoms with Crippen molar-refractivity contribution < 1.29 is 9.66 Å². The van der Waals surface area contributed by atoms with Gasteiger partial charge >= 0.3 is 5.00 Å². The zero-order chi connectivity index (χ0) is 9.97. The van der Waals surface area contributed by atoms with Gasteiger partial charge in [0.1, 0.15) is 0 Å². The Morgan fingerprint density at radius 1 is 1.71 bits per heavy atom. The highest BCUT2D eigenvalue weighted by Crippen LogP contribution is 2.22. The summed E-state index contributed by atoms with van der Waals surface area (Å²) >= 11 is 1.16. The molecule has 1 aliphatic heterocycles. The molecule has 0 bridgehead atoms. The Morgan fingerprint density at radius 2 is 2.50 bits per heavy atom. The first-order valence-corrected chi connectivity index (χ1v) is 5.16. The summed E-state index contributed by atoms with van der Waals surface area (Å²) in [5.41, 5.74) is 0.966. The van der Waals surface area contributed by atoms with Gasteiger partial charge in [0.25, 0.3) is 0 Å². The summed E-state index contributed by atoms with van der Waals surface area (Å²) in [7, 11) is 0. The van der Waals surface area contributed by atoms with E-state index in [-0.39, 0.29) is 9.92 Å². The summed E-state index contributed by atoms with van der Waals surface area (Å²) in [6.07, 6.45) is 0. The minimum Gasteiger partial charge on any atom is -0.378 e. The standard InChI is InChI=1S/C8H10N2O3S/c11-10(12)8-1-6(5-14-8)2-9-7-3-13-4-7/h1,5,7,9H,2-4H2. The predicted molar refractivity (Wildman–Crippen MR) is 52.4 cm³/mol. The lowest BCUT2D eigenvalue weighted by Gasteiger charge is -2.26. The number of rotatable bonds is 4. The van der Waals surface area contributed by atoms with Gasteiger partial charge in [0.05, 0.1) is 24.2 Å². The molecule has 1 saturated heterocycles. The molecule has 0 atom stereocenters. The summed E-state index contributed by atoms with van der Waals surface area (Å²) in [6.45, 7) is 2.16. The highest BCUT2D eigenvalue weighted by molar-refractivity contribution is 7.13. The van der Waals surface area contributed by atoms with Gasteiger partial charge in [0, 0.05) is 18.0 Å². The highest BCUT2D eigenvalue weighted by atomic mass is 32.1. The fourth-order valence-electron chi connectivity index (χ4n) is 1.17. The fourth-order valence-corrected chi connectivity index (χ4v) is 1.90. The van der Waals surface area contributed by atoms with Gasteiger partial charge in [-0.25, -0.2) is 0 Å². The summed E-state index contributed by atoms with van der Waals surface area (Å²) < 4.78 is 5.00. The highest BCUT2D eigenvalue weighted by Gasteiger charge is 2.17. The average Bonchev–Trinajstić information content (AvgIpc) is 2.50. The first kappa shape index (κ1) is 9.57. The van der Waals surface area contributed by atoms with Crippen molar-refractivity contribution in [3.8, 4) is 0 Å². The van der Waals surface area contributed by atoms with Crippen molar-refractivity contribution >= 4 is 16.3 Å². The molecule has 0 unspecified atom stereocenters. The Hall–Kier alpha value is -0.980. The van der Waals surface area contributed by atoms with E-state index in [4.69, 9.17) is 4.74 Å². The fraction of sp³-hybridized carbons (Fsp3) is 0.500. The molecule has 5 nitrogen and oxygen atoms in total. The maximum atomic E-state index is 10.4. The molecule has 0 aromatic carbocycles. The average molecular weight is 214 g/mol. The summed E-state index contributed by atoms with van der Waals surface area (Å²) in [5, 5.41) is 15.7. The molecule has 0 aliphatic carbocycles. The minimum atomic E-state index is -0.360. The van der Waals surface area contributed by atoms with E-state index in [2.05, 4.69) is 5.32 Å². The van der Waals surface area contributed by atoms with Gasteiger partial charge < -0.3 is 10.1 Å². The van der Waals surface area contributed by atoms with Gasteiger partial charge in [0.15, 0.2) is 0 Å². The van der Waals surface area contributed by atoms with Crippen LogP contribution in [0.25, 0.3) is 0 Å². The maximum absolute atomic E-state index is 10.4. The molecular weight excluding hydrogens is 204 g/mol. The van der Waals surface area contributed by atoms with E-state index >= 15 is 0 Å². The molecule has 6 heteroatoms. The largest absolute Gasteiger partial charge is 0.378 e. The molecule has 0 spiro atoms. The van der Waals surface area contributed by atoms with E-state index < -0.39 is 0 Å². The molecule has 1 N–H and O–H groups in total. The topological polar surface area (TPSA) is 64.4 Å². The van der Waals surface area contributed by atoms with Crippen molar-refractivity contribution in [2.24, 2.45) is 0 Å². The van der Waals surface area contributed by atoms with Crippen LogP contribution in [0.15, 0.2) is 11.4 Å². The smallest absolute Gasteiger partial charge is 0.324 e. The molecular formula is C8H10N2O3S. The Kier molecular flexibility index (Phi) is 2.76. The maximum Gasteiger partial charge on any atom is 0.324 e. The van der Waals surface area contributed by atoms with Crippen LogP contribution in [0.2, 0.25) is 0 Å². The molecule has 2 heterocycles. The van der Waals surface area contributed by atoms with Crippen LogP contribution in [0.4, 0.5) is 5.00 Å². The zero-order valence-electron chi connectivity index (χ0n) is 7.43. The van der Waals surface area contributed by atoms with Crippen molar-refractivity contribution in [1.29, 1.82) is 0 Å². The number of thiophene rings is 1. The number of nitrogens with one attached hydrogen (secondary N) is 1. The van der Waals surface area contributed by atoms with Crippen molar-refractivity contribution in [1.82, 2.24) is 5.32 Å². The lowest BCUT2D eigenvalue weighted by molar-refractivity contribution is -0.380. The van der Waals surface area contributed by atoms with Crippen LogP contribution in [0.3, 0.4) is 0 Å². The Morgan fingerprint density at radius 3 is 3.00 bits per heavy atom. The molecule has 1 aromatic rings. The molecule has 14 heavy (non-hydrogen) atoms. The predicted octanol–water partition coefficient (Wildman–Crippen LogP) is 1.14. The first-order chi connectivity index (χ1) is 6.75. The minimum absolute atomic E-state index is 0.201. The van der Waals surface area contributed by atoms with E-state index in [1.807, 2.05) is 5.38 Å². The number of nitro groups is 1.